The average Bonchev–Trinajstić information content (AvgIpc) is 2.21. The molecule has 0 heterocycles. The highest BCUT2D eigenvalue weighted by atomic mass is 35.5. The summed E-state index contributed by atoms with van der Waals surface area (Å²) in [6, 6.07) is 5.26. The zero-order chi connectivity index (χ0) is 11.3. The molecule has 1 rings (SSSR count). The first-order chi connectivity index (χ1) is 7.15. The molecule has 0 aromatic heterocycles. The van der Waals surface area contributed by atoms with E-state index in [0.29, 0.717) is 12.0 Å². The molecule has 0 spiro atoms. The van der Waals surface area contributed by atoms with Gasteiger partial charge in [0.05, 0.1) is 5.02 Å². The summed E-state index contributed by atoms with van der Waals surface area (Å²) in [4.78, 5) is 0. The molecule has 15 heavy (non-hydrogen) atoms. The highest BCUT2D eigenvalue weighted by Crippen LogP contribution is 2.19. The Morgan fingerprint density at radius 2 is 2.13 bits per heavy atom. The first-order valence-electron chi connectivity index (χ1n) is 5.33. The third-order valence-electron chi connectivity index (χ3n) is 2.48. The second-order valence-electron chi connectivity index (χ2n) is 3.80. The monoisotopic (exact) mass is 229 g/mol. The van der Waals surface area contributed by atoms with Crippen molar-refractivity contribution < 1.29 is 4.39 Å². The van der Waals surface area contributed by atoms with Crippen molar-refractivity contribution in [3.63, 3.8) is 0 Å². The zero-order valence-electron chi connectivity index (χ0n) is 8.97. The molecule has 0 aliphatic carbocycles. The van der Waals surface area contributed by atoms with Gasteiger partial charge in [0.15, 0.2) is 0 Å². The summed E-state index contributed by atoms with van der Waals surface area (Å²) >= 11 is 5.68. The maximum atomic E-state index is 13.5. The van der Waals surface area contributed by atoms with Crippen LogP contribution in [-0.2, 0) is 6.42 Å². The van der Waals surface area contributed by atoms with Gasteiger partial charge in [-0.1, -0.05) is 37.1 Å². The van der Waals surface area contributed by atoms with Gasteiger partial charge in [-0.3, -0.25) is 0 Å². The van der Waals surface area contributed by atoms with Crippen molar-refractivity contribution in [1.82, 2.24) is 0 Å². The summed E-state index contributed by atoms with van der Waals surface area (Å²) in [5, 5.41) is 0.191. The molecule has 0 radical (unpaired) electrons. The fourth-order valence-corrected chi connectivity index (χ4v) is 1.79. The number of nitrogens with two attached hydrogens (primary N) is 1. The molecule has 0 amide bonds. The van der Waals surface area contributed by atoms with Gasteiger partial charge in [0.1, 0.15) is 5.82 Å². The second kappa shape index (κ2) is 6.09. The Morgan fingerprint density at radius 1 is 1.40 bits per heavy atom. The predicted molar refractivity (Wildman–Crippen MR) is 62.6 cm³/mol. The van der Waals surface area contributed by atoms with Gasteiger partial charge in [-0.2, -0.15) is 0 Å². The van der Waals surface area contributed by atoms with E-state index in [1.807, 2.05) is 0 Å². The normalized spacial score (nSPS) is 12.8. The van der Waals surface area contributed by atoms with Gasteiger partial charge in [-0.15, -0.1) is 0 Å². The molecule has 1 unspecified atom stereocenters. The quantitative estimate of drug-likeness (QED) is 0.821. The largest absolute Gasteiger partial charge is 0.328 e. The van der Waals surface area contributed by atoms with Crippen molar-refractivity contribution >= 4 is 11.6 Å². The topological polar surface area (TPSA) is 26.0 Å². The molecule has 1 aromatic rings. The van der Waals surface area contributed by atoms with E-state index in [2.05, 4.69) is 6.92 Å². The Bertz CT molecular complexity index is 314. The number of aryl methyl sites for hydroxylation is 1. The van der Waals surface area contributed by atoms with E-state index in [1.54, 1.807) is 18.2 Å². The van der Waals surface area contributed by atoms with Crippen LogP contribution in [0.2, 0.25) is 5.02 Å². The second-order valence-corrected chi connectivity index (χ2v) is 4.21. The van der Waals surface area contributed by atoms with Crippen LogP contribution in [0.1, 0.15) is 31.7 Å². The van der Waals surface area contributed by atoms with E-state index in [-0.39, 0.29) is 16.9 Å². The molecule has 0 fully saturated rings. The summed E-state index contributed by atoms with van der Waals surface area (Å²) in [5.41, 5.74) is 6.53. The van der Waals surface area contributed by atoms with Crippen molar-refractivity contribution in [3.05, 3.63) is 34.6 Å². The first-order valence-corrected chi connectivity index (χ1v) is 5.71. The first kappa shape index (κ1) is 12.5. The minimum atomic E-state index is -0.303. The Hall–Kier alpha value is -0.600. The fourth-order valence-electron chi connectivity index (χ4n) is 1.60. The molecule has 2 N–H and O–H groups in total. The average molecular weight is 230 g/mol. The number of hydrogen-bond donors (Lipinski definition) is 1. The number of hydrogen-bond acceptors (Lipinski definition) is 1. The molecule has 1 aromatic carbocycles. The van der Waals surface area contributed by atoms with Crippen molar-refractivity contribution in [2.75, 3.05) is 0 Å². The van der Waals surface area contributed by atoms with Gasteiger partial charge in [0.2, 0.25) is 0 Å². The molecule has 0 aliphatic rings. The lowest BCUT2D eigenvalue weighted by Gasteiger charge is -2.10. The molecule has 84 valence electrons. The van der Waals surface area contributed by atoms with E-state index in [4.69, 9.17) is 17.3 Å². The third kappa shape index (κ3) is 3.80. The molecule has 3 heteroatoms. The lowest BCUT2D eigenvalue weighted by molar-refractivity contribution is 0.545. The number of halogens is 2. The number of rotatable bonds is 5. The van der Waals surface area contributed by atoms with Crippen molar-refractivity contribution in [1.29, 1.82) is 0 Å². The van der Waals surface area contributed by atoms with Crippen LogP contribution in [0.15, 0.2) is 18.2 Å². The van der Waals surface area contributed by atoms with E-state index in [9.17, 15) is 4.39 Å². The van der Waals surface area contributed by atoms with Gasteiger partial charge >= 0.3 is 0 Å². The van der Waals surface area contributed by atoms with Gasteiger partial charge in [-0.05, 0) is 30.9 Å². The van der Waals surface area contributed by atoms with Gasteiger partial charge in [0.25, 0.3) is 0 Å². The van der Waals surface area contributed by atoms with Gasteiger partial charge < -0.3 is 5.73 Å². The lowest BCUT2D eigenvalue weighted by Crippen LogP contribution is -2.20. The van der Waals surface area contributed by atoms with Crippen LogP contribution >= 0.6 is 11.6 Å². The predicted octanol–water partition coefficient (Wildman–Crippen LogP) is 3.54. The van der Waals surface area contributed by atoms with Gasteiger partial charge in [-0.25, -0.2) is 4.39 Å². The van der Waals surface area contributed by atoms with Crippen LogP contribution in [0.5, 0.6) is 0 Å². The molecular formula is C12H17ClFN. The molecule has 0 saturated heterocycles. The van der Waals surface area contributed by atoms with Gasteiger partial charge in [0, 0.05) is 6.04 Å². The Labute approximate surface area is 95.4 Å². The van der Waals surface area contributed by atoms with E-state index >= 15 is 0 Å². The van der Waals surface area contributed by atoms with Crippen LogP contribution in [0.4, 0.5) is 4.39 Å². The summed E-state index contributed by atoms with van der Waals surface area (Å²) in [7, 11) is 0. The highest BCUT2D eigenvalue weighted by molar-refractivity contribution is 6.30. The van der Waals surface area contributed by atoms with Crippen LogP contribution in [0, 0.1) is 5.82 Å². The smallest absolute Gasteiger partial charge is 0.144 e. The fraction of sp³-hybridized carbons (Fsp3) is 0.500. The molecular weight excluding hydrogens is 213 g/mol. The van der Waals surface area contributed by atoms with E-state index in [0.717, 1.165) is 19.3 Å². The van der Waals surface area contributed by atoms with Crippen LogP contribution < -0.4 is 5.73 Å². The standard InChI is InChI=1S/C12H17ClFN/c1-2-4-10(15)8-7-9-5-3-6-11(13)12(9)14/h3,5-6,10H,2,4,7-8,15H2,1H3. The molecule has 0 bridgehead atoms. The zero-order valence-corrected chi connectivity index (χ0v) is 9.73. The summed E-state index contributed by atoms with van der Waals surface area (Å²) in [5.74, 6) is -0.303. The Kier molecular flexibility index (Phi) is 5.06. The Morgan fingerprint density at radius 3 is 2.80 bits per heavy atom. The maximum Gasteiger partial charge on any atom is 0.144 e. The number of benzene rings is 1. The Balaban J connectivity index is 2.54. The van der Waals surface area contributed by atoms with Crippen molar-refractivity contribution in [3.8, 4) is 0 Å². The third-order valence-corrected chi connectivity index (χ3v) is 2.77. The van der Waals surface area contributed by atoms with Crippen LogP contribution in [-0.4, -0.2) is 6.04 Å². The van der Waals surface area contributed by atoms with Crippen LogP contribution in [0.25, 0.3) is 0 Å². The molecule has 0 saturated carbocycles. The molecule has 1 atom stereocenters. The molecule has 0 aliphatic heterocycles. The highest BCUT2D eigenvalue weighted by Gasteiger charge is 2.08. The minimum absolute atomic E-state index is 0.161. The summed E-state index contributed by atoms with van der Waals surface area (Å²) < 4.78 is 13.5. The van der Waals surface area contributed by atoms with E-state index in [1.165, 1.54) is 0 Å². The van der Waals surface area contributed by atoms with Crippen molar-refractivity contribution in [2.24, 2.45) is 5.73 Å². The molecule has 1 nitrogen and oxygen atoms in total. The SMILES string of the molecule is CCCC(N)CCc1cccc(Cl)c1F. The van der Waals surface area contributed by atoms with Crippen molar-refractivity contribution in [2.45, 2.75) is 38.6 Å². The summed E-state index contributed by atoms with van der Waals surface area (Å²) in [6.45, 7) is 2.10. The minimum Gasteiger partial charge on any atom is -0.328 e. The lowest BCUT2D eigenvalue weighted by atomic mass is 10.0. The van der Waals surface area contributed by atoms with E-state index < -0.39 is 0 Å². The summed E-state index contributed by atoms with van der Waals surface area (Å²) in [6.07, 6.45) is 3.53. The van der Waals surface area contributed by atoms with Crippen LogP contribution in [0.3, 0.4) is 0 Å². The maximum absolute atomic E-state index is 13.5.